The first-order valence-electron chi connectivity index (χ1n) is 7.25. The average Bonchev–Trinajstić information content (AvgIpc) is 2.87. The molecular formula is C17H24N2O2. The highest BCUT2D eigenvalue weighted by Gasteiger charge is 2.09. The fourth-order valence-electron chi connectivity index (χ4n) is 2.00. The zero-order chi connectivity index (χ0) is 15.2. The molecule has 21 heavy (non-hydrogen) atoms. The number of furan rings is 1. The van der Waals surface area contributed by atoms with Crippen LogP contribution in [0.5, 0.6) is 5.75 Å². The van der Waals surface area contributed by atoms with Gasteiger partial charge in [0.25, 0.3) is 0 Å². The van der Waals surface area contributed by atoms with Gasteiger partial charge in [-0.1, -0.05) is 0 Å². The monoisotopic (exact) mass is 288 g/mol. The van der Waals surface area contributed by atoms with Crippen LogP contribution in [0.3, 0.4) is 0 Å². The maximum atomic E-state index is 5.68. The number of hydrogen-bond acceptors (Lipinski definition) is 4. The van der Waals surface area contributed by atoms with Crippen LogP contribution in [0.2, 0.25) is 0 Å². The van der Waals surface area contributed by atoms with Crippen LogP contribution in [0.1, 0.15) is 24.5 Å². The maximum absolute atomic E-state index is 5.68. The lowest BCUT2D eigenvalue weighted by Gasteiger charge is -2.14. The van der Waals surface area contributed by atoms with Gasteiger partial charge in [0, 0.05) is 12.2 Å². The molecule has 0 spiro atoms. The summed E-state index contributed by atoms with van der Waals surface area (Å²) in [5, 5.41) is 3.42. The molecule has 1 aromatic carbocycles. The lowest BCUT2D eigenvalue weighted by Crippen LogP contribution is -2.19. The molecular weight excluding hydrogens is 264 g/mol. The first-order valence-corrected chi connectivity index (χ1v) is 7.25. The molecule has 0 saturated carbocycles. The van der Waals surface area contributed by atoms with Crippen LogP contribution in [0.4, 0.5) is 5.69 Å². The number of likely N-dealkylation sites (N-methyl/N-ethyl adjacent to an activating group) is 1. The molecule has 0 amide bonds. The minimum Gasteiger partial charge on any atom is -0.492 e. The fraction of sp³-hybridized carbons (Fsp3) is 0.412. The molecule has 1 atom stereocenters. The third-order valence-corrected chi connectivity index (χ3v) is 3.23. The standard InChI is InChI=1S/C17H24N2O2/c1-13-5-10-17(21-13)14(2)18-15-6-8-16(9-7-15)20-12-11-19(3)4/h5-10,14,18H,11-12H2,1-4H3. The normalized spacial score (nSPS) is 12.4. The van der Waals surface area contributed by atoms with Crippen molar-refractivity contribution >= 4 is 5.69 Å². The number of ether oxygens (including phenoxy) is 1. The summed E-state index contributed by atoms with van der Waals surface area (Å²) in [5.41, 5.74) is 1.05. The molecule has 1 heterocycles. The predicted molar refractivity (Wildman–Crippen MR) is 86.0 cm³/mol. The number of rotatable bonds is 7. The molecule has 114 valence electrons. The lowest BCUT2D eigenvalue weighted by atomic mass is 10.2. The third kappa shape index (κ3) is 4.83. The molecule has 0 saturated heterocycles. The Labute approximate surface area is 126 Å². The number of benzene rings is 1. The Bertz CT molecular complexity index is 546. The second-order valence-electron chi connectivity index (χ2n) is 5.49. The van der Waals surface area contributed by atoms with Crippen LogP contribution >= 0.6 is 0 Å². The van der Waals surface area contributed by atoms with E-state index in [1.807, 2.05) is 57.4 Å². The molecule has 1 unspecified atom stereocenters. The second kappa shape index (κ2) is 7.18. The summed E-state index contributed by atoms with van der Waals surface area (Å²) in [7, 11) is 4.07. The molecule has 0 bridgehead atoms. The molecule has 1 aromatic heterocycles. The van der Waals surface area contributed by atoms with Gasteiger partial charge in [0.05, 0.1) is 6.04 Å². The van der Waals surface area contributed by atoms with Crippen molar-refractivity contribution < 1.29 is 9.15 Å². The summed E-state index contributed by atoms with van der Waals surface area (Å²) < 4.78 is 11.3. The highest BCUT2D eigenvalue weighted by molar-refractivity contribution is 5.47. The first-order chi connectivity index (χ1) is 10.0. The Morgan fingerprint density at radius 1 is 1.14 bits per heavy atom. The van der Waals surface area contributed by atoms with Gasteiger partial charge in [0.1, 0.15) is 23.9 Å². The number of anilines is 1. The Morgan fingerprint density at radius 3 is 2.43 bits per heavy atom. The largest absolute Gasteiger partial charge is 0.492 e. The molecule has 2 rings (SSSR count). The Kier molecular flexibility index (Phi) is 5.28. The van der Waals surface area contributed by atoms with Crippen molar-refractivity contribution in [1.82, 2.24) is 4.90 Å². The van der Waals surface area contributed by atoms with Gasteiger partial charge in [-0.3, -0.25) is 0 Å². The topological polar surface area (TPSA) is 37.6 Å². The van der Waals surface area contributed by atoms with Gasteiger partial charge >= 0.3 is 0 Å². The van der Waals surface area contributed by atoms with E-state index in [1.54, 1.807) is 0 Å². The maximum Gasteiger partial charge on any atom is 0.126 e. The van der Waals surface area contributed by atoms with Crippen LogP contribution < -0.4 is 10.1 Å². The Hall–Kier alpha value is -1.94. The van der Waals surface area contributed by atoms with Crippen molar-refractivity contribution in [1.29, 1.82) is 0 Å². The summed E-state index contributed by atoms with van der Waals surface area (Å²) >= 11 is 0. The Balaban J connectivity index is 1.87. The minimum atomic E-state index is 0.138. The second-order valence-corrected chi connectivity index (χ2v) is 5.49. The molecule has 0 radical (unpaired) electrons. The minimum absolute atomic E-state index is 0.138. The van der Waals surface area contributed by atoms with Gasteiger partial charge < -0.3 is 19.4 Å². The molecule has 2 aromatic rings. The summed E-state index contributed by atoms with van der Waals surface area (Å²) in [4.78, 5) is 2.10. The van der Waals surface area contributed by atoms with Gasteiger partial charge in [-0.05, 0) is 64.3 Å². The predicted octanol–water partition coefficient (Wildman–Crippen LogP) is 3.70. The van der Waals surface area contributed by atoms with Crippen LogP contribution in [-0.2, 0) is 0 Å². The van der Waals surface area contributed by atoms with Crippen molar-refractivity contribution in [3.8, 4) is 5.75 Å². The summed E-state index contributed by atoms with van der Waals surface area (Å²) in [6, 6.07) is 12.1. The van der Waals surface area contributed by atoms with Crippen molar-refractivity contribution in [3.63, 3.8) is 0 Å². The van der Waals surface area contributed by atoms with Gasteiger partial charge in [-0.25, -0.2) is 0 Å². The molecule has 0 aliphatic heterocycles. The van der Waals surface area contributed by atoms with Crippen LogP contribution in [0, 0.1) is 6.92 Å². The molecule has 1 N–H and O–H groups in total. The third-order valence-electron chi connectivity index (χ3n) is 3.23. The summed E-state index contributed by atoms with van der Waals surface area (Å²) in [5.74, 6) is 2.77. The van der Waals surface area contributed by atoms with Crippen molar-refractivity contribution in [2.75, 3.05) is 32.6 Å². The number of nitrogens with zero attached hydrogens (tertiary/aromatic N) is 1. The number of nitrogens with one attached hydrogen (secondary N) is 1. The van der Waals surface area contributed by atoms with E-state index in [2.05, 4.69) is 17.1 Å². The van der Waals surface area contributed by atoms with Crippen molar-refractivity contribution in [2.45, 2.75) is 19.9 Å². The molecule has 0 aliphatic rings. The van der Waals surface area contributed by atoms with E-state index in [4.69, 9.17) is 9.15 Å². The van der Waals surface area contributed by atoms with Gasteiger partial charge in [-0.15, -0.1) is 0 Å². The van der Waals surface area contributed by atoms with E-state index in [9.17, 15) is 0 Å². The van der Waals surface area contributed by atoms with Gasteiger partial charge in [0.15, 0.2) is 0 Å². The van der Waals surface area contributed by atoms with Gasteiger partial charge in [-0.2, -0.15) is 0 Å². The van der Waals surface area contributed by atoms with E-state index in [1.165, 1.54) is 0 Å². The van der Waals surface area contributed by atoms with Crippen molar-refractivity contribution in [3.05, 3.63) is 47.9 Å². The molecule has 4 nitrogen and oxygen atoms in total. The molecule has 4 heteroatoms. The Morgan fingerprint density at radius 2 is 1.86 bits per heavy atom. The number of aryl methyl sites for hydroxylation is 1. The van der Waals surface area contributed by atoms with Crippen LogP contribution in [0.15, 0.2) is 40.8 Å². The fourth-order valence-corrected chi connectivity index (χ4v) is 2.00. The van der Waals surface area contributed by atoms with E-state index in [-0.39, 0.29) is 6.04 Å². The highest BCUT2D eigenvalue weighted by Crippen LogP contribution is 2.22. The smallest absolute Gasteiger partial charge is 0.126 e. The van der Waals surface area contributed by atoms with E-state index in [0.717, 1.165) is 29.5 Å². The zero-order valence-electron chi connectivity index (χ0n) is 13.2. The average molecular weight is 288 g/mol. The zero-order valence-corrected chi connectivity index (χ0v) is 13.2. The van der Waals surface area contributed by atoms with Gasteiger partial charge in [0.2, 0.25) is 0 Å². The molecule has 0 aliphatic carbocycles. The summed E-state index contributed by atoms with van der Waals surface area (Å²) in [6.45, 7) is 5.65. The highest BCUT2D eigenvalue weighted by atomic mass is 16.5. The quantitative estimate of drug-likeness (QED) is 0.843. The van der Waals surface area contributed by atoms with Crippen LogP contribution in [-0.4, -0.2) is 32.1 Å². The molecule has 0 fully saturated rings. The van der Waals surface area contributed by atoms with Crippen LogP contribution in [0.25, 0.3) is 0 Å². The SMILES string of the molecule is Cc1ccc(C(C)Nc2ccc(OCCN(C)C)cc2)o1. The van der Waals surface area contributed by atoms with E-state index < -0.39 is 0 Å². The van der Waals surface area contributed by atoms with Crippen molar-refractivity contribution in [2.24, 2.45) is 0 Å². The van der Waals surface area contributed by atoms with E-state index >= 15 is 0 Å². The van der Waals surface area contributed by atoms with E-state index in [0.29, 0.717) is 6.61 Å². The summed E-state index contributed by atoms with van der Waals surface area (Å²) in [6.07, 6.45) is 0. The first kappa shape index (κ1) is 15.4. The lowest BCUT2D eigenvalue weighted by molar-refractivity contribution is 0.261. The number of hydrogen-bond donors (Lipinski definition) is 1.